The molecule has 6 atom stereocenters. The predicted molar refractivity (Wildman–Crippen MR) is 236 cm³/mol. The van der Waals surface area contributed by atoms with E-state index in [2.05, 4.69) is 36.1 Å². The predicted octanol–water partition coefficient (Wildman–Crippen LogP) is -0.115. The lowest BCUT2D eigenvalue weighted by atomic mass is 10.1. The zero-order valence-electron chi connectivity index (χ0n) is 35.2. The third kappa shape index (κ3) is 12.7. The van der Waals surface area contributed by atoms with Crippen LogP contribution in [0.4, 0.5) is 0 Å². The summed E-state index contributed by atoms with van der Waals surface area (Å²) in [5.74, 6) is -6.33. The number of carboxylic acid groups (broad SMARTS) is 1. The van der Waals surface area contributed by atoms with Gasteiger partial charge in [0.25, 0.3) is 5.65 Å². The summed E-state index contributed by atoms with van der Waals surface area (Å²) in [4.78, 5) is 110. The molecule has 5 heterocycles. The quantitative estimate of drug-likeness (QED) is 0.0556. The Labute approximate surface area is 375 Å². The molecule has 7 amide bonds. The number of carbonyl (C=O) groups excluding carboxylic acids is 7. The molecule has 2 aliphatic rings. The molecule has 2 saturated heterocycles. The summed E-state index contributed by atoms with van der Waals surface area (Å²) in [5.41, 5.74) is 8.44. The lowest BCUT2D eigenvalue weighted by molar-refractivity contribution is -0.510. The lowest BCUT2D eigenvalue weighted by Gasteiger charge is -2.28. The molecule has 2 fully saturated rings. The largest absolute Gasteiger partial charge is 0.481 e. The number of nitrogens with one attached hydrogen (secondary N) is 6. The Bertz CT molecular complexity index is 2360. The molecule has 342 valence electrons. The summed E-state index contributed by atoms with van der Waals surface area (Å²) in [6.45, 7) is 1.44. The average Bonchev–Trinajstić information content (AvgIpc) is 4.01. The van der Waals surface area contributed by atoms with Crippen LogP contribution in [-0.2, 0) is 56.2 Å². The van der Waals surface area contributed by atoms with E-state index in [9.17, 15) is 43.5 Å². The fourth-order valence-electron chi connectivity index (χ4n) is 7.59. The molecule has 2 aliphatic heterocycles. The van der Waals surface area contributed by atoms with Crippen LogP contribution in [0.15, 0.2) is 67.3 Å². The molecule has 0 bridgehead atoms. The van der Waals surface area contributed by atoms with Gasteiger partial charge in [0.15, 0.2) is 0 Å². The molecule has 0 aliphatic carbocycles. The number of nitrogens with zero attached hydrogens (tertiary/aromatic N) is 3. The van der Waals surface area contributed by atoms with Crippen LogP contribution in [0, 0.1) is 0 Å². The van der Waals surface area contributed by atoms with Gasteiger partial charge in [-0.2, -0.15) is 0 Å². The minimum atomic E-state index is -1.66. The smallest absolute Gasteiger partial charge is 0.305 e. The maximum absolute atomic E-state index is 14.0. The number of carbonyl (C=O) groups is 8. The van der Waals surface area contributed by atoms with Crippen LogP contribution in [0.5, 0.6) is 0 Å². The first-order valence-corrected chi connectivity index (χ1v) is 23.4. The number of imidazole rings is 1. The molecule has 0 spiro atoms. The lowest BCUT2D eigenvalue weighted by Crippen LogP contribution is -2.58. The number of aryl methyl sites for hydroxylation is 1. The molecule has 3 unspecified atom stereocenters. The van der Waals surface area contributed by atoms with Crippen LogP contribution >= 0.6 is 21.6 Å². The second-order valence-corrected chi connectivity index (χ2v) is 18.2. The van der Waals surface area contributed by atoms with E-state index >= 15 is 0 Å². The van der Waals surface area contributed by atoms with Gasteiger partial charge in [0, 0.05) is 59.6 Å². The number of hydrogen-bond acceptors (Lipinski definition) is 11. The minimum absolute atomic E-state index is 0.00857. The maximum atomic E-state index is 14.0. The highest BCUT2D eigenvalue weighted by atomic mass is 33.1. The number of para-hydroxylation sites is 1. The van der Waals surface area contributed by atoms with E-state index in [1.165, 1.54) is 33.4 Å². The number of aliphatic carboxylic acids is 1. The van der Waals surface area contributed by atoms with Crippen LogP contribution < -0.4 is 36.7 Å². The van der Waals surface area contributed by atoms with Gasteiger partial charge in [0.1, 0.15) is 42.6 Å². The fraction of sp³-hybridized carbons (Fsp3) is 0.452. The summed E-state index contributed by atoms with van der Waals surface area (Å²) in [6, 6.07) is 7.16. The SMILES string of the molecule is C[C@@H]1NC(=O)C(CC(=O)O)NC(=O)CNC(=O)[C@H](CCCCn2cc[n+]3ccccc23)NC(=O)CCSSCC(C(N)=O)NC(=O)[C@@H]2CC(OCc3c[nH]c4ccccc34)CN2C1=O. The zero-order chi connectivity index (χ0) is 45.8. The van der Waals surface area contributed by atoms with Crippen LogP contribution in [-0.4, -0.2) is 128 Å². The van der Waals surface area contributed by atoms with Crippen molar-refractivity contribution in [1.82, 2.24) is 41.0 Å². The van der Waals surface area contributed by atoms with Gasteiger partial charge < -0.3 is 52.0 Å². The van der Waals surface area contributed by atoms with Crippen molar-refractivity contribution in [2.75, 3.05) is 24.6 Å². The number of amides is 7. The standard InChI is InChI=1S/C42H52N10O10S2/c1-25-42(61)52-22-27(62-23-26-20-44-29-9-3-2-8-28(26)29)18-33(52)41(60)49-32(38(43)57)24-64-63-17-12-34(53)47-30(10-4-6-13-50-15-16-51-14-7-5-11-36(50)51)39(58)45-21-35(54)48-31(19-37(55)56)40(59)46-25/h2-3,5,7-9,11,14-16,20,25,27,30-33,44H,4,6,10,12-13,17-19,21-24H2,1H3,(H7-,43,45,46,47,48,49,53,54,55,56,57,58,59,60)/p+1/t25-,27?,30-,31?,32?,33-/m0/s1. The topological polar surface area (TPSA) is 280 Å². The highest BCUT2D eigenvalue weighted by molar-refractivity contribution is 8.76. The van der Waals surface area contributed by atoms with Gasteiger partial charge in [-0.05, 0) is 38.3 Å². The van der Waals surface area contributed by atoms with Gasteiger partial charge in [0.2, 0.25) is 41.4 Å². The first-order valence-electron chi connectivity index (χ1n) is 20.9. The number of unbranched alkanes of at least 4 members (excludes halogenated alkanes) is 1. The Morgan fingerprint density at radius 2 is 1.69 bits per heavy atom. The molecule has 20 nitrogen and oxygen atoms in total. The average molecular weight is 922 g/mol. The van der Waals surface area contributed by atoms with E-state index in [-0.39, 0.29) is 43.9 Å². The number of aromatic nitrogens is 3. The molecule has 1 aromatic carbocycles. The molecular weight excluding hydrogens is 869 g/mol. The van der Waals surface area contributed by atoms with Crippen molar-refractivity contribution in [1.29, 1.82) is 0 Å². The van der Waals surface area contributed by atoms with E-state index < -0.39 is 96.6 Å². The van der Waals surface area contributed by atoms with Gasteiger partial charge in [-0.3, -0.25) is 38.4 Å². The van der Waals surface area contributed by atoms with Gasteiger partial charge >= 0.3 is 5.97 Å². The second kappa shape index (κ2) is 22.5. The summed E-state index contributed by atoms with van der Waals surface area (Å²) in [5, 5.41) is 23.2. The molecule has 3 aromatic heterocycles. The van der Waals surface area contributed by atoms with Crippen LogP contribution in [0.1, 0.15) is 51.0 Å². The van der Waals surface area contributed by atoms with Crippen molar-refractivity contribution in [2.45, 2.75) is 94.9 Å². The van der Waals surface area contributed by atoms with Crippen molar-refractivity contribution in [2.24, 2.45) is 5.73 Å². The molecule has 6 rings (SSSR count). The van der Waals surface area contributed by atoms with E-state index in [1.54, 1.807) is 0 Å². The number of ether oxygens (including phenoxy) is 1. The van der Waals surface area contributed by atoms with Gasteiger partial charge in [-0.25, -0.2) is 8.97 Å². The molecule has 0 radical (unpaired) electrons. The number of primary amides is 1. The molecule has 64 heavy (non-hydrogen) atoms. The number of hydrogen-bond donors (Lipinski definition) is 8. The number of pyridine rings is 1. The van der Waals surface area contributed by atoms with Crippen LogP contribution in [0.3, 0.4) is 0 Å². The first-order chi connectivity index (χ1) is 30.8. The minimum Gasteiger partial charge on any atom is -0.481 e. The summed E-state index contributed by atoms with van der Waals surface area (Å²) >= 11 is 0. The third-order valence-corrected chi connectivity index (χ3v) is 13.3. The van der Waals surface area contributed by atoms with E-state index in [0.717, 1.165) is 22.1 Å². The van der Waals surface area contributed by atoms with E-state index in [0.29, 0.717) is 19.4 Å². The number of rotatable bonds is 11. The van der Waals surface area contributed by atoms with Gasteiger partial charge in [-0.15, -0.1) is 0 Å². The summed E-state index contributed by atoms with van der Waals surface area (Å²) in [6.07, 6.45) is 7.57. The highest BCUT2D eigenvalue weighted by Crippen LogP contribution is 2.27. The van der Waals surface area contributed by atoms with Crippen molar-refractivity contribution in [3.05, 3.63) is 72.8 Å². The number of aromatic amines is 1. The number of H-pyrrole nitrogens is 1. The van der Waals surface area contributed by atoms with E-state index in [4.69, 9.17) is 10.5 Å². The fourth-order valence-corrected chi connectivity index (χ4v) is 9.75. The molecule has 22 heteroatoms. The van der Waals surface area contributed by atoms with Crippen molar-refractivity contribution in [3.8, 4) is 0 Å². The Morgan fingerprint density at radius 1 is 0.906 bits per heavy atom. The van der Waals surface area contributed by atoms with Crippen molar-refractivity contribution in [3.63, 3.8) is 0 Å². The van der Waals surface area contributed by atoms with Crippen LogP contribution in [0.25, 0.3) is 16.6 Å². The Hall–Kier alpha value is -6.13. The number of carboxylic acids is 1. The molecular formula is C42H53N10O10S2+. The monoisotopic (exact) mass is 921 g/mol. The van der Waals surface area contributed by atoms with Crippen molar-refractivity contribution < 1.29 is 52.6 Å². The van der Waals surface area contributed by atoms with Crippen LogP contribution in [0.2, 0.25) is 0 Å². The zero-order valence-corrected chi connectivity index (χ0v) is 36.8. The highest BCUT2D eigenvalue weighted by Gasteiger charge is 2.43. The molecule has 9 N–H and O–H groups in total. The Balaban J connectivity index is 1.15. The Kier molecular flexibility index (Phi) is 16.6. The van der Waals surface area contributed by atoms with Gasteiger partial charge in [0.05, 0.1) is 38.4 Å². The summed E-state index contributed by atoms with van der Waals surface area (Å²) in [7, 11) is 2.46. The second-order valence-electron chi connectivity index (χ2n) is 15.6. The number of nitrogens with two attached hydrogens (primary N) is 1. The first kappa shape index (κ1) is 47.4. The third-order valence-electron chi connectivity index (χ3n) is 10.9. The number of fused-ring (bicyclic) bond motifs is 3. The molecule has 0 saturated carbocycles. The van der Waals surface area contributed by atoms with Crippen molar-refractivity contribution >= 4 is 85.5 Å². The summed E-state index contributed by atoms with van der Waals surface area (Å²) < 4.78 is 10.3. The maximum Gasteiger partial charge on any atom is 0.305 e. The normalized spacial score (nSPS) is 23.7. The Morgan fingerprint density at radius 3 is 2.48 bits per heavy atom. The van der Waals surface area contributed by atoms with E-state index in [1.807, 2.05) is 71.7 Å². The number of benzene rings is 1. The molecule has 4 aromatic rings. The van der Waals surface area contributed by atoms with Gasteiger partial charge in [-0.1, -0.05) is 45.9 Å².